The molecule has 0 saturated heterocycles. The number of amides is 1. The van der Waals surface area contributed by atoms with E-state index in [-0.39, 0.29) is 5.91 Å². The van der Waals surface area contributed by atoms with Crippen molar-refractivity contribution in [2.24, 2.45) is 7.05 Å². The molecule has 76 valence electrons. The Kier molecular flexibility index (Phi) is 2.49. The van der Waals surface area contributed by atoms with Crippen LogP contribution in [0.2, 0.25) is 0 Å². The van der Waals surface area contributed by atoms with Gasteiger partial charge in [-0.05, 0) is 12.1 Å². The van der Waals surface area contributed by atoms with Gasteiger partial charge in [0.05, 0.1) is 7.05 Å². The molecule has 1 N–H and O–H groups in total. The van der Waals surface area contributed by atoms with Gasteiger partial charge in [-0.1, -0.05) is 18.2 Å². The number of hydrogen-bond acceptors (Lipinski definition) is 1. The van der Waals surface area contributed by atoms with Gasteiger partial charge in [0.15, 0.2) is 6.20 Å². The first-order valence-corrected chi connectivity index (χ1v) is 4.65. The van der Waals surface area contributed by atoms with Crippen LogP contribution < -0.4 is 9.99 Å². The standard InChI is InChI=1S/C11H11N3O/c1-13-7-8-14(9-13)12-11(15)10-5-3-2-4-6-10/h2-9H,1H3/p+1. The predicted molar refractivity (Wildman–Crippen MR) is 55.7 cm³/mol. The van der Waals surface area contributed by atoms with Crippen molar-refractivity contribution in [2.45, 2.75) is 0 Å². The van der Waals surface area contributed by atoms with Crippen molar-refractivity contribution >= 4 is 5.91 Å². The molecule has 0 aliphatic carbocycles. The van der Waals surface area contributed by atoms with Gasteiger partial charge in [-0.25, -0.2) is 4.57 Å². The highest BCUT2D eigenvalue weighted by molar-refractivity contribution is 5.99. The minimum Gasteiger partial charge on any atom is -0.266 e. The zero-order valence-electron chi connectivity index (χ0n) is 8.42. The van der Waals surface area contributed by atoms with Crippen LogP contribution in [0, 0.1) is 0 Å². The Morgan fingerprint density at radius 2 is 2.07 bits per heavy atom. The Labute approximate surface area is 87.7 Å². The average molecular weight is 202 g/mol. The third kappa shape index (κ3) is 2.22. The van der Waals surface area contributed by atoms with E-state index in [4.69, 9.17) is 0 Å². The molecule has 1 aromatic heterocycles. The highest BCUT2D eigenvalue weighted by Crippen LogP contribution is 1.98. The van der Waals surface area contributed by atoms with Crippen LogP contribution >= 0.6 is 0 Å². The highest BCUT2D eigenvalue weighted by Gasteiger charge is 2.07. The number of aryl methyl sites for hydroxylation is 1. The number of imidazole rings is 1. The topological polar surface area (TPSA) is 37.9 Å². The average Bonchev–Trinajstić information content (AvgIpc) is 2.65. The third-order valence-corrected chi connectivity index (χ3v) is 2.04. The van der Waals surface area contributed by atoms with Crippen molar-refractivity contribution in [3.05, 3.63) is 54.6 Å². The summed E-state index contributed by atoms with van der Waals surface area (Å²) in [5.41, 5.74) is 3.38. The lowest BCUT2D eigenvalue weighted by Gasteiger charge is -1.99. The number of benzene rings is 1. The lowest BCUT2D eigenvalue weighted by atomic mass is 10.2. The molecular formula is C11H12N3O+. The van der Waals surface area contributed by atoms with Crippen molar-refractivity contribution in [1.29, 1.82) is 0 Å². The summed E-state index contributed by atoms with van der Waals surface area (Å²) < 4.78 is 3.47. The van der Waals surface area contributed by atoms with E-state index in [0.29, 0.717) is 5.56 Å². The SMILES string of the molecule is C[n+]1ccn(NC(=O)c2ccccc2)c1. The van der Waals surface area contributed by atoms with Crippen molar-refractivity contribution in [3.63, 3.8) is 0 Å². The fourth-order valence-corrected chi connectivity index (χ4v) is 1.29. The van der Waals surface area contributed by atoms with E-state index < -0.39 is 0 Å². The number of hydrogen-bond donors (Lipinski definition) is 1. The molecular weight excluding hydrogens is 190 g/mol. The monoisotopic (exact) mass is 202 g/mol. The molecule has 4 heteroatoms. The molecule has 0 aliphatic heterocycles. The molecule has 15 heavy (non-hydrogen) atoms. The van der Waals surface area contributed by atoms with Gasteiger partial charge in [-0.3, -0.25) is 4.79 Å². The van der Waals surface area contributed by atoms with Gasteiger partial charge in [0.1, 0.15) is 6.20 Å². The minimum atomic E-state index is -0.119. The second-order valence-electron chi connectivity index (χ2n) is 3.29. The van der Waals surface area contributed by atoms with Gasteiger partial charge in [-0.2, -0.15) is 5.43 Å². The fourth-order valence-electron chi connectivity index (χ4n) is 1.29. The summed E-state index contributed by atoms with van der Waals surface area (Å²) >= 11 is 0. The Morgan fingerprint density at radius 1 is 1.33 bits per heavy atom. The van der Waals surface area contributed by atoms with E-state index >= 15 is 0 Å². The van der Waals surface area contributed by atoms with Crippen LogP contribution in [0.15, 0.2) is 49.1 Å². The summed E-state index contributed by atoms with van der Waals surface area (Å²) in [5, 5.41) is 0. The lowest BCUT2D eigenvalue weighted by Crippen LogP contribution is -2.27. The normalized spacial score (nSPS) is 9.93. The zero-order chi connectivity index (χ0) is 10.7. The molecule has 4 nitrogen and oxygen atoms in total. The number of carbonyl (C=O) groups is 1. The number of carbonyl (C=O) groups excluding carboxylic acids is 1. The summed E-state index contributed by atoms with van der Waals surface area (Å²) in [5.74, 6) is -0.119. The van der Waals surface area contributed by atoms with Gasteiger partial charge in [-0.15, -0.1) is 4.68 Å². The first kappa shape index (κ1) is 9.45. The first-order chi connectivity index (χ1) is 7.25. The lowest BCUT2D eigenvalue weighted by molar-refractivity contribution is -0.670. The predicted octanol–water partition coefficient (Wildman–Crippen LogP) is 0.696. The number of nitrogens with zero attached hydrogens (tertiary/aromatic N) is 2. The molecule has 2 aromatic rings. The molecule has 0 saturated carbocycles. The number of nitrogens with one attached hydrogen (secondary N) is 1. The van der Waals surface area contributed by atoms with Crippen molar-refractivity contribution in [3.8, 4) is 0 Å². The maximum atomic E-state index is 11.7. The Balaban J connectivity index is 2.11. The van der Waals surface area contributed by atoms with E-state index in [1.165, 1.54) is 0 Å². The molecule has 1 amide bonds. The Bertz CT molecular complexity index is 462. The quantitative estimate of drug-likeness (QED) is 0.715. The van der Waals surface area contributed by atoms with Crippen molar-refractivity contribution in [2.75, 3.05) is 5.43 Å². The second-order valence-corrected chi connectivity index (χ2v) is 3.29. The maximum absolute atomic E-state index is 11.7. The maximum Gasteiger partial charge on any atom is 0.286 e. The van der Waals surface area contributed by atoms with Gasteiger partial charge < -0.3 is 0 Å². The van der Waals surface area contributed by atoms with Crippen LogP contribution in [0.3, 0.4) is 0 Å². The summed E-state index contributed by atoms with van der Waals surface area (Å²) in [6.07, 6.45) is 5.41. The molecule has 0 spiro atoms. The van der Waals surface area contributed by atoms with E-state index in [1.807, 2.05) is 36.0 Å². The Morgan fingerprint density at radius 3 is 2.67 bits per heavy atom. The van der Waals surface area contributed by atoms with Gasteiger partial charge in [0.25, 0.3) is 12.2 Å². The van der Waals surface area contributed by atoms with Crippen LogP contribution in [0.5, 0.6) is 0 Å². The molecule has 0 aliphatic rings. The number of aromatic nitrogens is 2. The van der Waals surface area contributed by atoms with Gasteiger partial charge >= 0.3 is 0 Å². The van der Waals surface area contributed by atoms with Crippen molar-refractivity contribution < 1.29 is 9.36 Å². The highest BCUT2D eigenvalue weighted by atomic mass is 16.2. The summed E-state index contributed by atoms with van der Waals surface area (Å²) in [6, 6.07) is 9.11. The molecule has 0 fully saturated rings. The molecule has 0 bridgehead atoms. The van der Waals surface area contributed by atoms with Crippen LogP contribution in [0.1, 0.15) is 10.4 Å². The van der Waals surface area contributed by atoms with Crippen LogP contribution in [0.25, 0.3) is 0 Å². The molecule has 1 heterocycles. The van der Waals surface area contributed by atoms with E-state index in [2.05, 4.69) is 5.43 Å². The van der Waals surface area contributed by atoms with Crippen LogP contribution in [0.4, 0.5) is 0 Å². The van der Waals surface area contributed by atoms with Gasteiger partial charge in [0, 0.05) is 5.56 Å². The Hall–Kier alpha value is -2.10. The molecule has 0 radical (unpaired) electrons. The van der Waals surface area contributed by atoms with Crippen LogP contribution in [-0.2, 0) is 7.05 Å². The first-order valence-electron chi connectivity index (χ1n) is 4.65. The molecule has 1 aromatic carbocycles. The third-order valence-electron chi connectivity index (χ3n) is 2.04. The van der Waals surface area contributed by atoms with E-state index in [0.717, 1.165) is 0 Å². The number of rotatable bonds is 2. The van der Waals surface area contributed by atoms with E-state index in [9.17, 15) is 4.79 Å². The molecule has 0 atom stereocenters. The van der Waals surface area contributed by atoms with E-state index in [1.54, 1.807) is 29.3 Å². The second kappa shape index (κ2) is 3.96. The largest absolute Gasteiger partial charge is 0.286 e. The minimum absolute atomic E-state index is 0.119. The summed E-state index contributed by atoms with van der Waals surface area (Å²) in [4.78, 5) is 11.7. The zero-order valence-corrected chi connectivity index (χ0v) is 8.42. The fraction of sp³-hybridized carbons (Fsp3) is 0.0909. The smallest absolute Gasteiger partial charge is 0.266 e. The van der Waals surface area contributed by atoms with Gasteiger partial charge in [0.2, 0.25) is 0 Å². The summed E-state index contributed by atoms with van der Waals surface area (Å²) in [7, 11) is 1.89. The molecule has 0 unspecified atom stereocenters. The molecule has 2 rings (SSSR count). The van der Waals surface area contributed by atoms with Crippen LogP contribution in [-0.4, -0.2) is 10.6 Å². The van der Waals surface area contributed by atoms with Crippen molar-refractivity contribution in [1.82, 2.24) is 4.68 Å². The summed E-state index contributed by atoms with van der Waals surface area (Å²) in [6.45, 7) is 0.